The molecule has 0 saturated carbocycles. The number of aryl methyl sites for hydroxylation is 2. The van der Waals surface area contributed by atoms with Gasteiger partial charge in [0.25, 0.3) is 5.91 Å². The number of alkyl halides is 1. The van der Waals surface area contributed by atoms with Gasteiger partial charge in [-0.3, -0.25) is 9.18 Å². The molecule has 0 aromatic carbocycles. The maximum Gasteiger partial charge on any atom is 0.263 e. The SMILES string of the molecule is Cc1ccc2c(N)c(C(=O)N[C@H]3CCc4nc(N5C[C@H](N)[C@@](C)(CF)C5)ccc4C3)sc2n1. The third kappa shape index (κ3) is 3.93. The Labute approximate surface area is 196 Å². The summed E-state index contributed by atoms with van der Waals surface area (Å²) in [4.78, 5) is 25.7. The first-order valence-corrected chi connectivity index (χ1v) is 12.1. The summed E-state index contributed by atoms with van der Waals surface area (Å²) in [7, 11) is 0. The first-order chi connectivity index (χ1) is 15.8. The van der Waals surface area contributed by atoms with Gasteiger partial charge in [0.1, 0.15) is 15.5 Å². The van der Waals surface area contributed by atoms with E-state index in [-0.39, 0.29) is 18.0 Å². The summed E-state index contributed by atoms with van der Waals surface area (Å²) in [5.74, 6) is 0.701. The van der Waals surface area contributed by atoms with Gasteiger partial charge in [-0.15, -0.1) is 11.3 Å². The number of nitrogen functional groups attached to an aromatic ring is 1. The first-order valence-electron chi connectivity index (χ1n) is 11.3. The summed E-state index contributed by atoms with van der Waals surface area (Å²) in [5, 5.41) is 3.98. The van der Waals surface area contributed by atoms with E-state index >= 15 is 0 Å². The second-order valence-corrected chi connectivity index (χ2v) is 10.6. The molecule has 3 aromatic heterocycles. The number of thiophene rings is 1. The number of pyridine rings is 2. The van der Waals surface area contributed by atoms with Crippen LogP contribution in [-0.4, -0.2) is 47.7 Å². The van der Waals surface area contributed by atoms with Gasteiger partial charge in [-0.05, 0) is 49.9 Å². The van der Waals surface area contributed by atoms with Crippen LogP contribution in [0.15, 0.2) is 24.3 Å². The Balaban J connectivity index is 1.28. The number of aromatic nitrogens is 2. The molecule has 0 bridgehead atoms. The van der Waals surface area contributed by atoms with Crippen LogP contribution in [0, 0.1) is 12.3 Å². The largest absolute Gasteiger partial charge is 0.397 e. The van der Waals surface area contributed by atoms with Crippen LogP contribution in [-0.2, 0) is 12.8 Å². The maximum atomic E-state index is 13.5. The van der Waals surface area contributed by atoms with E-state index in [2.05, 4.69) is 21.3 Å². The van der Waals surface area contributed by atoms with Crippen LogP contribution in [0.4, 0.5) is 15.9 Å². The molecule has 0 spiro atoms. The Morgan fingerprint density at radius 1 is 1.33 bits per heavy atom. The molecule has 5 rings (SSSR count). The van der Waals surface area contributed by atoms with Crippen LogP contribution in [0.25, 0.3) is 10.2 Å². The van der Waals surface area contributed by atoms with Gasteiger partial charge in [-0.1, -0.05) is 13.0 Å². The van der Waals surface area contributed by atoms with E-state index in [9.17, 15) is 9.18 Å². The van der Waals surface area contributed by atoms with Crippen molar-refractivity contribution in [3.63, 3.8) is 0 Å². The fraction of sp³-hybridized carbons (Fsp3) is 0.458. The number of carbonyl (C=O) groups is 1. The van der Waals surface area contributed by atoms with Crippen molar-refractivity contribution >= 4 is 39.0 Å². The average molecular weight is 469 g/mol. The highest BCUT2D eigenvalue weighted by Gasteiger charge is 2.41. The monoisotopic (exact) mass is 468 g/mol. The molecular formula is C24H29FN6OS. The molecule has 7 nitrogen and oxygen atoms in total. The van der Waals surface area contributed by atoms with E-state index in [0.29, 0.717) is 23.7 Å². The number of hydrogen-bond donors (Lipinski definition) is 3. The third-order valence-corrected chi connectivity index (χ3v) is 8.13. The Hall–Kier alpha value is -2.78. The van der Waals surface area contributed by atoms with Gasteiger partial charge in [0.15, 0.2) is 0 Å². The fourth-order valence-corrected chi connectivity index (χ4v) is 5.84. The van der Waals surface area contributed by atoms with Crippen molar-refractivity contribution in [2.75, 3.05) is 30.4 Å². The molecule has 1 amide bonds. The molecule has 0 unspecified atom stereocenters. The van der Waals surface area contributed by atoms with Crippen LogP contribution < -0.4 is 21.7 Å². The van der Waals surface area contributed by atoms with Crippen LogP contribution in [0.2, 0.25) is 0 Å². The summed E-state index contributed by atoms with van der Waals surface area (Å²) in [5.41, 5.74) is 15.5. The van der Waals surface area contributed by atoms with E-state index in [4.69, 9.17) is 16.5 Å². The quantitative estimate of drug-likeness (QED) is 0.543. The molecule has 2 aliphatic rings. The number of nitrogens with zero attached hydrogens (tertiary/aromatic N) is 3. The van der Waals surface area contributed by atoms with Crippen molar-refractivity contribution in [3.05, 3.63) is 46.1 Å². The highest BCUT2D eigenvalue weighted by atomic mass is 32.1. The van der Waals surface area contributed by atoms with Gasteiger partial charge in [0.2, 0.25) is 0 Å². The van der Waals surface area contributed by atoms with E-state index in [1.165, 1.54) is 11.3 Å². The molecule has 1 aliphatic heterocycles. The number of halogens is 1. The van der Waals surface area contributed by atoms with Crippen LogP contribution in [0.1, 0.15) is 40.0 Å². The molecule has 3 atom stereocenters. The van der Waals surface area contributed by atoms with Gasteiger partial charge in [-0.25, -0.2) is 9.97 Å². The molecule has 33 heavy (non-hydrogen) atoms. The van der Waals surface area contributed by atoms with Gasteiger partial charge in [0.05, 0.1) is 12.4 Å². The van der Waals surface area contributed by atoms with Crippen molar-refractivity contribution in [1.82, 2.24) is 15.3 Å². The molecule has 9 heteroatoms. The lowest BCUT2D eigenvalue weighted by molar-refractivity contribution is 0.0938. The number of hydrogen-bond acceptors (Lipinski definition) is 7. The van der Waals surface area contributed by atoms with Crippen molar-refractivity contribution < 1.29 is 9.18 Å². The number of nitrogens with one attached hydrogen (secondary N) is 1. The van der Waals surface area contributed by atoms with Crippen molar-refractivity contribution in [2.45, 2.75) is 45.2 Å². The average Bonchev–Trinajstić information content (AvgIpc) is 3.29. The molecule has 1 aliphatic carbocycles. The minimum Gasteiger partial charge on any atom is -0.397 e. The Kier molecular flexibility index (Phi) is 5.49. The van der Waals surface area contributed by atoms with Crippen molar-refractivity contribution in [3.8, 4) is 0 Å². The van der Waals surface area contributed by atoms with Gasteiger partial charge in [0, 0.05) is 47.4 Å². The summed E-state index contributed by atoms with van der Waals surface area (Å²) in [6.07, 6.45) is 2.30. The molecule has 3 aromatic rings. The molecular weight excluding hydrogens is 439 g/mol. The minimum absolute atomic E-state index is 0.0204. The second-order valence-electron chi connectivity index (χ2n) is 9.61. The zero-order chi connectivity index (χ0) is 23.3. The lowest BCUT2D eigenvalue weighted by Crippen LogP contribution is -2.39. The molecule has 5 N–H and O–H groups in total. The van der Waals surface area contributed by atoms with Crippen molar-refractivity contribution in [1.29, 1.82) is 0 Å². The summed E-state index contributed by atoms with van der Waals surface area (Å²) < 4.78 is 13.5. The molecule has 1 saturated heterocycles. The Bertz CT molecular complexity index is 1230. The topological polar surface area (TPSA) is 110 Å². The maximum absolute atomic E-state index is 13.5. The molecule has 0 radical (unpaired) electrons. The summed E-state index contributed by atoms with van der Waals surface area (Å²) in [6, 6.07) is 7.70. The predicted molar refractivity (Wildman–Crippen MR) is 131 cm³/mol. The third-order valence-electron chi connectivity index (χ3n) is 7.02. The number of anilines is 2. The lowest BCUT2D eigenvalue weighted by Gasteiger charge is -2.27. The number of amides is 1. The molecule has 1 fully saturated rings. The normalized spacial score (nSPS) is 24.8. The highest BCUT2D eigenvalue weighted by Crippen LogP contribution is 2.34. The lowest BCUT2D eigenvalue weighted by atomic mass is 9.87. The number of rotatable bonds is 4. The van der Waals surface area contributed by atoms with E-state index < -0.39 is 12.1 Å². The smallest absolute Gasteiger partial charge is 0.263 e. The predicted octanol–water partition coefficient (Wildman–Crippen LogP) is 2.99. The van der Waals surface area contributed by atoms with E-state index in [1.54, 1.807) is 0 Å². The fourth-order valence-electron chi connectivity index (χ4n) is 4.80. The molecule has 174 valence electrons. The zero-order valence-electron chi connectivity index (χ0n) is 18.9. The highest BCUT2D eigenvalue weighted by molar-refractivity contribution is 7.21. The van der Waals surface area contributed by atoms with Crippen molar-refractivity contribution in [2.24, 2.45) is 11.1 Å². The Morgan fingerprint density at radius 2 is 2.15 bits per heavy atom. The number of carbonyl (C=O) groups excluding carboxylic acids is 1. The van der Waals surface area contributed by atoms with Gasteiger partial charge in [-0.2, -0.15) is 0 Å². The van der Waals surface area contributed by atoms with E-state index in [0.717, 1.165) is 52.2 Å². The molecule has 4 heterocycles. The first kappa shape index (κ1) is 22.0. The van der Waals surface area contributed by atoms with Crippen LogP contribution in [0.5, 0.6) is 0 Å². The summed E-state index contributed by atoms with van der Waals surface area (Å²) >= 11 is 1.34. The standard InChI is InChI=1S/C24H29FN6OS/c1-13-3-6-16-20(27)21(33-23(16)28-13)22(32)29-15-5-7-17-14(9-15)4-8-19(30-17)31-10-18(26)24(2,11-25)12-31/h3-4,6,8,15,18H,5,7,9-12,26-27H2,1-2H3,(H,29,32)/t15-,18-,24-/m0/s1. The van der Waals surface area contributed by atoms with Crippen LogP contribution in [0.3, 0.4) is 0 Å². The minimum atomic E-state index is -0.532. The van der Waals surface area contributed by atoms with Crippen LogP contribution >= 0.6 is 11.3 Å². The van der Waals surface area contributed by atoms with E-state index in [1.807, 2.05) is 32.0 Å². The second kappa shape index (κ2) is 8.22. The number of nitrogens with two attached hydrogens (primary N) is 2. The Morgan fingerprint density at radius 3 is 2.91 bits per heavy atom. The van der Waals surface area contributed by atoms with Gasteiger partial charge < -0.3 is 21.7 Å². The van der Waals surface area contributed by atoms with Gasteiger partial charge >= 0.3 is 0 Å². The number of fused-ring (bicyclic) bond motifs is 2. The zero-order valence-corrected chi connectivity index (χ0v) is 19.7. The summed E-state index contributed by atoms with van der Waals surface area (Å²) in [6.45, 7) is 4.56.